The van der Waals surface area contributed by atoms with Crippen molar-refractivity contribution in [2.75, 3.05) is 12.9 Å². The number of hydrogen-bond donors (Lipinski definition) is 2. The molecule has 3 aromatic rings. The first-order chi connectivity index (χ1) is 14.3. The number of methoxy groups -OCH3 is 1. The number of pyridine rings is 1. The molecular formula is C21H22ClNO6S2. The summed E-state index contributed by atoms with van der Waals surface area (Å²) in [5.74, 6) is 0.561. The molecule has 4 rings (SSSR count). The molecule has 2 aromatic carbocycles. The molecule has 1 atom stereocenters. The van der Waals surface area contributed by atoms with E-state index >= 15 is 0 Å². The van der Waals surface area contributed by atoms with Gasteiger partial charge in [0, 0.05) is 23.5 Å². The van der Waals surface area contributed by atoms with E-state index in [1.807, 2.05) is 12.1 Å². The number of hydrogen-bond acceptors (Lipinski definition) is 7. The molecule has 0 saturated carbocycles. The summed E-state index contributed by atoms with van der Waals surface area (Å²) in [6.07, 6.45) is 3.37. The van der Waals surface area contributed by atoms with Crippen molar-refractivity contribution < 1.29 is 27.0 Å². The Kier molecular flexibility index (Phi) is 6.82. The second-order valence-corrected chi connectivity index (χ2v) is 11.1. The predicted molar refractivity (Wildman–Crippen MR) is 121 cm³/mol. The molecule has 2 N–H and O–H groups in total. The molecule has 0 bridgehead atoms. The fourth-order valence-electron chi connectivity index (χ4n) is 3.47. The Morgan fingerprint density at radius 2 is 1.84 bits per heavy atom. The van der Waals surface area contributed by atoms with Gasteiger partial charge in [0.05, 0.1) is 22.7 Å². The number of benzene rings is 2. The summed E-state index contributed by atoms with van der Waals surface area (Å²) in [4.78, 5) is 4.33. The quantitative estimate of drug-likeness (QED) is 0.522. The van der Waals surface area contributed by atoms with Gasteiger partial charge < -0.3 is 9.47 Å². The van der Waals surface area contributed by atoms with Crippen molar-refractivity contribution in [2.24, 2.45) is 0 Å². The predicted octanol–water partition coefficient (Wildman–Crippen LogP) is 4.73. The highest BCUT2D eigenvalue weighted by Crippen LogP contribution is 2.63. The lowest BCUT2D eigenvalue weighted by atomic mass is 10.1. The van der Waals surface area contributed by atoms with Crippen molar-refractivity contribution in [1.82, 2.24) is 4.98 Å². The van der Waals surface area contributed by atoms with Gasteiger partial charge in [-0.15, -0.1) is 12.4 Å². The molecule has 1 aliphatic heterocycles. The maximum Gasteiger partial charge on any atom is 0.187 e. The molecule has 166 valence electrons. The first kappa shape index (κ1) is 23.4. The Bertz CT molecular complexity index is 1150. The second kappa shape index (κ2) is 9.05. The normalized spacial score (nSPS) is 17.8. The van der Waals surface area contributed by atoms with E-state index in [1.165, 1.54) is 25.3 Å². The molecule has 31 heavy (non-hydrogen) atoms. The van der Waals surface area contributed by atoms with Gasteiger partial charge in [-0.25, -0.2) is 8.42 Å². The summed E-state index contributed by atoms with van der Waals surface area (Å²) < 4.78 is 58.6. The SMILES string of the molecule is COc1cccc2c1C(S(=O)(=O)c1ccc(OCc3cccnc3)cc1)CS2(O)O.Cl. The van der Waals surface area contributed by atoms with Crippen molar-refractivity contribution in [3.8, 4) is 11.5 Å². The number of halogens is 1. The standard InChI is InChI=1S/C21H21NO6S2.ClH/c1-27-18-5-2-6-19-21(18)20(14-29(19,23)24)30(25,26)17-9-7-16(8-10-17)28-13-15-4-3-11-22-12-15;/h2-12,20,23-24H,13-14H2,1H3;1H. The molecule has 0 spiro atoms. The third-order valence-electron chi connectivity index (χ3n) is 4.96. The van der Waals surface area contributed by atoms with E-state index in [2.05, 4.69) is 4.98 Å². The van der Waals surface area contributed by atoms with Gasteiger partial charge in [-0.2, -0.15) is 10.6 Å². The van der Waals surface area contributed by atoms with Crippen LogP contribution in [0.4, 0.5) is 0 Å². The van der Waals surface area contributed by atoms with Crippen molar-refractivity contribution >= 4 is 32.8 Å². The summed E-state index contributed by atoms with van der Waals surface area (Å²) in [7, 11) is -5.67. The van der Waals surface area contributed by atoms with Crippen LogP contribution in [0.2, 0.25) is 0 Å². The van der Waals surface area contributed by atoms with Crippen LogP contribution in [-0.2, 0) is 16.4 Å². The van der Waals surface area contributed by atoms with Crippen LogP contribution in [0, 0.1) is 0 Å². The van der Waals surface area contributed by atoms with Gasteiger partial charge >= 0.3 is 0 Å². The lowest BCUT2D eigenvalue weighted by molar-refractivity contribution is 0.305. The average molecular weight is 484 g/mol. The van der Waals surface area contributed by atoms with E-state index < -0.39 is 25.7 Å². The van der Waals surface area contributed by atoms with E-state index in [9.17, 15) is 17.5 Å². The van der Waals surface area contributed by atoms with Gasteiger partial charge in [-0.05, 0) is 42.5 Å². The van der Waals surface area contributed by atoms with Gasteiger partial charge in [-0.1, -0.05) is 12.1 Å². The van der Waals surface area contributed by atoms with Crippen molar-refractivity contribution in [3.63, 3.8) is 0 Å². The van der Waals surface area contributed by atoms with Crippen LogP contribution in [0.3, 0.4) is 0 Å². The highest BCUT2D eigenvalue weighted by Gasteiger charge is 2.45. The Morgan fingerprint density at radius 1 is 1.10 bits per heavy atom. The lowest BCUT2D eigenvalue weighted by Crippen LogP contribution is -2.15. The fourth-order valence-corrected chi connectivity index (χ4v) is 7.89. The van der Waals surface area contributed by atoms with Gasteiger partial charge in [0.15, 0.2) is 9.84 Å². The zero-order valence-electron chi connectivity index (χ0n) is 16.5. The number of nitrogens with zero attached hydrogens (tertiary/aromatic N) is 1. The third kappa shape index (κ3) is 4.51. The minimum atomic E-state index is -3.88. The van der Waals surface area contributed by atoms with Crippen LogP contribution in [0.15, 0.2) is 76.8 Å². The smallest absolute Gasteiger partial charge is 0.187 e. The van der Waals surface area contributed by atoms with Crippen LogP contribution in [0.5, 0.6) is 11.5 Å². The lowest BCUT2D eigenvalue weighted by Gasteiger charge is -2.27. The summed E-state index contributed by atoms with van der Waals surface area (Å²) in [6.45, 7) is 0.314. The molecule has 0 saturated heterocycles. The van der Waals surface area contributed by atoms with E-state index in [-0.39, 0.29) is 28.0 Å². The molecule has 0 amide bonds. The zero-order valence-corrected chi connectivity index (χ0v) is 19.0. The molecular weight excluding hydrogens is 462 g/mol. The Labute approximate surface area is 188 Å². The highest BCUT2D eigenvalue weighted by molar-refractivity contribution is 8.25. The topological polar surface area (TPSA) is 106 Å². The molecule has 7 nitrogen and oxygen atoms in total. The number of aromatic nitrogens is 1. The van der Waals surface area contributed by atoms with Crippen molar-refractivity contribution in [2.45, 2.75) is 21.6 Å². The van der Waals surface area contributed by atoms with Crippen LogP contribution < -0.4 is 9.47 Å². The Morgan fingerprint density at radius 3 is 2.48 bits per heavy atom. The first-order valence-corrected chi connectivity index (χ1v) is 12.4. The molecule has 0 fully saturated rings. The van der Waals surface area contributed by atoms with Gasteiger partial charge in [0.25, 0.3) is 0 Å². The summed E-state index contributed by atoms with van der Waals surface area (Å²) in [5.41, 5.74) is 1.21. The largest absolute Gasteiger partial charge is 0.496 e. The first-order valence-electron chi connectivity index (χ1n) is 9.11. The van der Waals surface area contributed by atoms with Gasteiger partial charge in [0.1, 0.15) is 23.4 Å². The van der Waals surface area contributed by atoms with Crippen LogP contribution in [-0.4, -0.2) is 35.4 Å². The molecule has 0 aliphatic carbocycles. The summed E-state index contributed by atoms with van der Waals surface area (Å²) in [5, 5.41) is -1.10. The monoisotopic (exact) mass is 483 g/mol. The summed E-state index contributed by atoms with van der Waals surface area (Å²) >= 11 is 0. The van der Waals surface area contributed by atoms with Gasteiger partial charge in [-0.3, -0.25) is 14.1 Å². The fraction of sp³-hybridized carbons (Fsp3) is 0.190. The molecule has 0 radical (unpaired) electrons. The van der Waals surface area contributed by atoms with Crippen molar-refractivity contribution in [3.05, 3.63) is 78.1 Å². The van der Waals surface area contributed by atoms with E-state index in [4.69, 9.17) is 9.47 Å². The number of ether oxygens (including phenoxy) is 2. The Balaban J connectivity index is 0.00000272. The van der Waals surface area contributed by atoms with E-state index in [0.717, 1.165) is 5.56 Å². The minimum absolute atomic E-state index is 0. The molecule has 1 aromatic heterocycles. The second-order valence-electron chi connectivity index (χ2n) is 6.86. The van der Waals surface area contributed by atoms with E-state index in [0.29, 0.717) is 23.7 Å². The highest BCUT2D eigenvalue weighted by atomic mass is 35.5. The van der Waals surface area contributed by atoms with Crippen molar-refractivity contribution in [1.29, 1.82) is 0 Å². The molecule has 1 aliphatic rings. The number of sulfone groups is 1. The third-order valence-corrected chi connectivity index (χ3v) is 9.11. The zero-order chi connectivity index (χ0) is 21.4. The van der Waals surface area contributed by atoms with Crippen LogP contribution >= 0.6 is 23.0 Å². The Hall–Kier alpha value is -2.30. The maximum absolute atomic E-state index is 13.3. The number of fused-ring (bicyclic) bond motifs is 1. The van der Waals surface area contributed by atoms with Crippen LogP contribution in [0.1, 0.15) is 16.4 Å². The molecule has 1 unspecified atom stereocenters. The molecule has 2 heterocycles. The van der Waals surface area contributed by atoms with Gasteiger partial charge in [0.2, 0.25) is 0 Å². The minimum Gasteiger partial charge on any atom is -0.496 e. The maximum atomic E-state index is 13.3. The average Bonchev–Trinajstić information content (AvgIpc) is 3.05. The van der Waals surface area contributed by atoms with Crippen LogP contribution in [0.25, 0.3) is 0 Å². The number of rotatable bonds is 6. The summed E-state index contributed by atoms with van der Waals surface area (Å²) in [6, 6.07) is 14.6. The molecule has 10 heteroatoms. The van der Waals surface area contributed by atoms with E-state index in [1.54, 1.807) is 36.7 Å².